The molecule has 0 saturated carbocycles. The Hall–Kier alpha value is -0.570. The topological polar surface area (TPSA) is 49.8 Å². The summed E-state index contributed by atoms with van der Waals surface area (Å²) in [6.07, 6.45) is 2.55. The second kappa shape index (κ2) is 3.66. The number of ether oxygens (including phenoxy) is 1. The number of rotatable bonds is 5. The Kier molecular flexibility index (Phi) is 2.96. The van der Waals surface area contributed by atoms with Crippen LogP contribution in [0.1, 0.15) is 40.0 Å². The molecule has 2 atom stereocenters. The Morgan fingerprint density at radius 3 is 2.54 bits per heavy atom. The van der Waals surface area contributed by atoms with Crippen LogP contribution in [0.25, 0.3) is 0 Å². The van der Waals surface area contributed by atoms with Gasteiger partial charge >= 0.3 is 5.97 Å². The molecule has 1 N–H and O–H groups in total. The van der Waals surface area contributed by atoms with Gasteiger partial charge in [-0.2, -0.15) is 0 Å². The molecule has 0 aromatic carbocycles. The molecule has 1 unspecified atom stereocenters. The van der Waals surface area contributed by atoms with Crippen LogP contribution in [-0.4, -0.2) is 22.8 Å². The average Bonchev–Trinajstić information content (AvgIpc) is 2.53. The molecule has 1 heterocycles. The summed E-state index contributed by atoms with van der Waals surface area (Å²) in [7, 11) is 0. The van der Waals surface area contributed by atoms with Crippen LogP contribution in [-0.2, 0) is 9.53 Å². The van der Waals surface area contributed by atoms with Crippen molar-refractivity contribution in [2.45, 2.75) is 51.7 Å². The molecule has 76 valence electrons. The van der Waals surface area contributed by atoms with Gasteiger partial charge in [0.2, 0.25) is 0 Å². The van der Waals surface area contributed by atoms with Gasteiger partial charge in [-0.25, -0.2) is 0 Å². The van der Waals surface area contributed by atoms with Crippen molar-refractivity contribution in [1.82, 2.24) is 0 Å². The molecular weight excluding hydrogens is 168 g/mol. The quantitative estimate of drug-likeness (QED) is 0.668. The lowest BCUT2D eigenvalue weighted by atomic mass is 9.97. The molecule has 1 saturated heterocycles. The van der Waals surface area contributed by atoms with Crippen molar-refractivity contribution in [3.05, 3.63) is 0 Å². The van der Waals surface area contributed by atoms with Gasteiger partial charge in [0, 0.05) is 6.42 Å². The van der Waals surface area contributed by atoms with Crippen LogP contribution < -0.4 is 0 Å². The van der Waals surface area contributed by atoms with Crippen molar-refractivity contribution in [2.24, 2.45) is 5.92 Å². The van der Waals surface area contributed by atoms with Crippen molar-refractivity contribution >= 4 is 5.97 Å². The van der Waals surface area contributed by atoms with Crippen LogP contribution in [0.5, 0.6) is 0 Å². The molecule has 1 aliphatic heterocycles. The Morgan fingerprint density at radius 2 is 2.15 bits per heavy atom. The molecule has 1 rings (SSSR count). The van der Waals surface area contributed by atoms with E-state index < -0.39 is 5.97 Å². The lowest BCUT2D eigenvalue weighted by Gasteiger charge is -2.06. The highest BCUT2D eigenvalue weighted by molar-refractivity contribution is 5.66. The minimum atomic E-state index is -0.705. The highest BCUT2D eigenvalue weighted by Gasteiger charge is 2.46. The van der Waals surface area contributed by atoms with E-state index in [9.17, 15) is 4.79 Å². The maximum Gasteiger partial charge on any atom is 0.303 e. The third-order valence-electron chi connectivity index (χ3n) is 2.61. The smallest absolute Gasteiger partial charge is 0.303 e. The first-order valence-corrected chi connectivity index (χ1v) is 4.81. The zero-order valence-corrected chi connectivity index (χ0v) is 8.54. The molecule has 1 fully saturated rings. The molecule has 0 bridgehead atoms. The fraction of sp³-hybridized carbons (Fsp3) is 0.900. The van der Waals surface area contributed by atoms with Gasteiger partial charge in [0.15, 0.2) is 0 Å². The van der Waals surface area contributed by atoms with Gasteiger partial charge in [0.25, 0.3) is 0 Å². The van der Waals surface area contributed by atoms with E-state index >= 15 is 0 Å². The normalized spacial score (nSPS) is 26.8. The van der Waals surface area contributed by atoms with Crippen LogP contribution in [0.2, 0.25) is 0 Å². The molecule has 0 spiro atoms. The van der Waals surface area contributed by atoms with E-state index in [-0.39, 0.29) is 17.9 Å². The van der Waals surface area contributed by atoms with Crippen molar-refractivity contribution in [1.29, 1.82) is 0 Å². The SMILES string of the molecule is C[C@@H](CCC1OC1(C)C)CC(=O)O. The summed E-state index contributed by atoms with van der Waals surface area (Å²) >= 11 is 0. The number of hydrogen-bond acceptors (Lipinski definition) is 2. The van der Waals surface area contributed by atoms with Gasteiger partial charge in [0.1, 0.15) is 0 Å². The van der Waals surface area contributed by atoms with E-state index in [0.717, 1.165) is 12.8 Å². The summed E-state index contributed by atoms with van der Waals surface area (Å²) in [5.74, 6) is -0.444. The zero-order valence-electron chi connectivity index (χ0n) is 8.54. The first-order chi connectivity index (χ1) is 5.92. The van der Waals surface area contributed by atoms with Gasteiger partial charge in [-0.3, -0.25) is 4.79 Å². The van der Waals surface area contributed by atoms with E-state index in [0.29, 0.717) is 6.10 Å². The van der Waals surface area contributed by atoms with Crippen LogP contribution >= 0.6 is 0 Å². The summed E-state index contributed by atoms with van der Waals surface area (Å²) in [4.78, 5) is 10.4. The lowest BCUT2D eigenvalue weighted by molar-refractivity contribution is -0.138. The first kappa shape index (κ1) is 10.5. The molecule has 0 aromatic rings. The second-order valence-corrected chi connectivity index (χ2v) is 4.49. The second-order valence-electron chi connectivity index (χ2n) is 4.49. The summed E-state index contributed by atoms with van der Waals surface area (Å²) in [6, 6.07) is 0. The first-order valence-electron chi connectivity index (χ1n) is 4.81. The van der Waals surface area contributed by atoms with Crippen molar-refractivity contribution in [3.8, 4) is 0 Å². The third kappa shape index (κ3) is 3.35. The van der Waals surface area contributed by atoms with Gasteiger partial charge in [-0.05, 0) is 32.6 Å². The Balaban J connectivity index is 2.10. The van der Waals surface area contributed by atoms with Gasteiger partial charge in [-0.15, -0.1) is 0 Å². The molecule has 1 aliphatic rings. The monoisotopic (exact) mass is 186 g/mol. The third-order valence-corrected chi connectivity index (χ3v) is 2.61. The lowest BCUT2D eigenvalue weighted by Crippen LogP contribution is -2.08. The van der Waals surface area contributed by atoms with E-state index in [1.165, 1.54) is 0 Å². The minimum absolute atomic E-state index is 0.0446. The molecule has 0 aromatic heterocycles. The van der Waals surface area contributed by atoms with Crippen LogP contribution in [0.3, 0.4) is 0 Å². The summed E-state index contributed by atoms with van der Waals surface area (Å²) < 4.78 is 5.41. The molecule has 0 amide bonds. The largest absolute Gasteiger partial charge is 0.481 e. The van der Waals surface area contributed by atoms with Crippen LogP contribution in [0.15, 0.2) is 0 Å². The average molecular weight is 186 g/mol. The van der Waals surface area contributed by atoms with E-state index in [1.807, 2.05) is 6.92 Å². The molecule has 3 nitrogen and oxygen atoms in total. The fourth-order valence-electron chi connectivity index (χ4n) is 1.58. The van der Waals surface area contributed by atoms with Crippen molar-refractivity contribution < 1.29 is 14.6 Å². The maximum atomic E-state index is 10.4. The standard InChI is InChI=1S/C10H18O3/c1-7(6-9(11)12)4-5-8-10(2,3)13-8/h7-8H,4-6H2,1-3H3,(H,11,12)/t7-,8?/m0/s1. The van der Waals surface area contributed by atoms with Crippen molar-refractivity contribution in [2.75, 3.05) is 0 Å². The maximum absolute atomic E-state index is 10.4. The minimum Gasteiger partial charge on any atom is -0.481 e. The Morgan fingerprint density at radius 1 is 1.62 bits per heavy atom. The predicted molar refractivity (Wildman–Crippen MR) is 49.6 cm³/mol. The van der Waals surface area contributed by atoms with Crippen molar-refractivity contribution in [3.63, 3.8) is 0 Å². The number of carboxylic acid groups (broad SMARTS) is 1. The summed E-state index contributed by atoms with van der Waals surface area (Å²) in [5.41, 5.74) is 0.0446. The summed E-state index contributed by atoms with van der Waals surface area (Å²) in [5, 5.41) is 8.54. The predicted octanol–water partition coefficient (Wildman–Crippen LogP) is 2.05. The van der Waals surface area contributed by atoms with Gasteiger partial charge in [-0.1, -0.05) is 6.92 Å². The molecular formula is C10H18O3. The number of carbonyl (C=O) groups is 1. The Bertz CT molecular complexity index is 198. The molecule has 13 heavy (non-hydrogen) atoms. The van der Waals surface area contributed by atoms with E-state index in [4.69, 9.17) is 9.84 Å². The van der Waals surface area contributed by atoms with E-state index in [1.54, 1.807) is 0 Å². The molecule has 3 heteroatoms. The van der Waals surface area contributed by atoms with Gasteiger partial charge < -0.3 is 9.84 Å². The number of aliphatic carboxylic acids is 1. The Labute approximate surface area is 79.1 Å². The van der Waals surface area contributed by atoms with Crippen LogP contribution in [0, 0.1) is 5.92 Å². The zero-order chi connectivity index (χ0) is 10.1. The number of hydrogen-bond donors (Lipinski definition) is 1. The molecule has 0 radical (unpaired) electrons. The fourth-order valence-corrected chi connectivity index (χ4v) is 1.58. The molecule has 0 aliphatic carbocycles. The highest BCUT2D eigenvalue weighted by atomic mass is 16.6. The van der Waals surface area contributed by atoms with E-state index in [2.05, 4.69) is 13.8 Å². The van der Waals surface area contributed by atoms with Gasteiger partial charge in [0.05, 0.1) is 11.7 Å². The van der Waals surface area contributed by atoms with Crippen LogP contribution in [0.4, 0.5) is 0 Å². The highest BCUT2D eigenvalue weighted by Crippen LogP contribution is 2.39. The number of epoxide rings is 1. The number of carboxylic acids is 1. The summed E-state index contributed by atoms with van der Waals surface area (Å²) in [6.45, 7) is 6.11.